The molecular formula is C28H20F6O4. The number of alkyl halides is 6. The summed E-state index contributed by atoms with van der Waals surface area (Å²) in [7, 11) is 0. The molecule has 0 fully saturated rings. The van der Waals surface area contributed by atoms with E-state index in [1.165, 1.54) is 18.2 Å². The quantitative estimate of drug-likeness (QED) is 0.200. The first-order valence-corrected chi connectivity index (χ1v) is 10.9. The molecule has 0 radical (unpaired) electrons. The van der Waals surface area contributed by atoms with Gasteiger partial charge in [-0.1, -0.05) is 42.5 Å². The zero-order valence-electron chi connectivity index (χ0n) is 19.5. The van der Waals surface area contributed by atoms with Gasteiger partial charge in [0.25, 0.3) is 0 Å². The number of ether oxygens (including phenoxy) is 2. The molecule has 38 heavy (non-hydrogen) atoms. The minimum Gasteiger partial charge on any atom is -0.457 e. The number of carbonyl (C=O) groups is 1. The standard InChI is InChI=1S/C14H11F3O2.C14H9F3O2/c2*15-14(16,17)12-8-10(9-18)6-7-13(12)19-11-4-2-1-3-5-11/h1-8,18H,9H2;1-9H. The Balaban J connectivity index is 0.000000211. The van der Waals surface area contributed by atoms with Crippen molar-refractivity contribution in [3.05, 3.63) is 119 Å². The van der Waals surface area contributed by atoms with Gasteiger partial charge in [-0.15, -0.1) is 0 Å². The number of hydrogen-bond donors (Lipinski definition) is 1. The largest absolute Gasteiger partial charge is 0.457 e. The zero-order chi connectivity index (χ0) is 27.8. The van der Waals surface area contributed by atoms with Crippen LogP contribution in [0.15, 0.2) is 97.1 Å². The molecule has 198 valence electrons. The van der Waals surface area contributed by atoms with Crippen LogP contribution in [0.25, 0.3) is 0 Å². The van der Waals surface area contributed by atoms with E-state index >= 15 is 0 Å². The summed E-state index contributed by atoms with van der Waals surface area (Å²) < 4.78 is 87.8. The van der Waals surface area contributed by atoms with Gasteiger partial charge in [0.1, 0.15) is 29.3 Å². The van der Waals surface area contributed by atoms with E-state index in [-0.39, 0.29) is 22.6 Å². The number of aliphatic hydroxyl groups is 1. The molecule has 0 saturated carbocycles. The Morgan fingerprint density at radius 3 is 1.50 bits per heavy atom. The summed E-state index contributed by atoms with van der Waals surface area (Å²) in [4.78, 5) is 10.5. The van der Waals surface area contributed by atoms with Crippen LogP contribution in [0.1, 0.15) is 27.0 Å². The summed E-state index contributed by atoms with van der Waals surface area (Å²) in [6.45, 7) is -0.450. The number of rotatable bonds is 6. The second-order valence-electron chi connectivity index (χ2n) is 7.69. The molecule has 4 aromatic carbocycles. The predicted octanol–water partition coefficient (Wildman–Crippen LogP) is 8.30. The highest BCUT2D eigenvalue weighted by Gasteiger charge is 2.35. The van der Waals surface area contributed by atoms with Crippen molar-refractivity contribution < 1.29 is 45.7 Å². The number of benzene rings is 4. The van der Waals surface area contributed by atoms with Gasteiger partial charge in [-0.2, -0.15) is 26.3 Å². The highest BCUT2D eigenvalue weighted by Crippen LogP contribution is 2.39. The molecule has 0 aromatic heterocycles. The van der Waals surface area contributed by atoms with Crippen LogP contribution in [0.3, 0.4) is 0 Å². The predicted molar refractivity (Wildman–Crippen MR) is 127 cm³/mol. The zero-order valence-corrected chi connectivity index (χ0v) is 19.5. The van der Waals surface area contributed by atoms with Crippen molar-refractivity contribution in [2.24, 2.45) is 0 Å². The van der Waals surface area contributed by atoms with Crippen LogP contribution < -0.4 is 9.47 Å². The molecule has 0 aliphatic rings. The summed E-state index contributed by atoms with van der Waals surface area (Å²) >= 11 is 0. The van der Waals surface area contributed by atoms with E-state index in [0.717, 1.165) is 18.2 Å². The van der Waals surface area contributed by atoms with Crippen molar-refractivity contribution in [2.75, 3.05) is 0 Å². The Bertz CT molecular complexity index is 1340. The highest BCUT2D eigenvalue weighted by atomic mass is 19.4. The molecule has 0 saturated heterocycles. The summed E-state index contributed by atoms with van der Waals surface area (Å²) in [5.41, 5.74) is -1.73. The number of halogens is 6. The van der Waals surface area contributed by atoms with Crippen LogP contribution in [0, 0.1) is 0 Å². The third-order valence-electron chi connectivity index (χ3n) is 4.92. The van der Waals surface area contributed by atoms with Crippen LogP contribution in [0.5, 0.6) is 23.0 Å². The first-order valence-electron chi connectivity index (χ1n) is 10.9. The maximum atomic E-state index is 12.9. The number of aldehydes is 1. The highest BCUT2D eigenvalue weighted by molar-refractivity contribution is 5.75. The van der Waals surface area contributed by atoms with Gasteiger partial charge in [0, 0.05) is 5.56 Å². The molecule has 0 amide bonds. The summed E-state index contributed by atoms with van der Waals surface area (Å²) in [5.74, 6) is 0.0109. The molecule has 1 N–H and O–H groups in total. The molecule has 4 aromatic rings. The van der Waals surface area contributed by atoms with E-state index in [2.05, 4.69) is 0 Å². The fourth-order valence-corrected chi connectivity index (χ4v) is 3.15. The fraction of sp³-hybridized carbons (Fsp3) is 0.107. The lowest BCUT2D eigenvalue weighted by Crippen LogP contribution is -2.08. The summed E-state index contributed by atoms with van der Waals surface area (Å²) in [5, 5.41) is 8.90. The molecule has 4 nitrogen and oxygen atoms in total. The average Bonchev–Trinajstić information content (AvgIpc) is 2.89. The second kappa shape index (κ2) is 12.3. The molecular weight excluding hydrogens is 514 g/mol. The first kappa shape index (κ1) is 28.3. The van der Waals surface area contributed by atoms with Crippen molar-refractivity contribution >= 4 is 6.29 Å². The van der Waals surface area contributed by atoms with E-state index in [0.29, 0.717) is 17.8 Å². The lowest BCUT2D eigenvalue weighted by Gasteiger charge is -2.14. The van der Waals surface area contributed by atoms with E-state index in [9.17, 15) is 31.1 Å². The molecule has 0 aliphatic heterocycles. The van der Waals surface area contributed by atoms with E-state index < -0.39 is 30.1 Å². The Labute approximate surface area is 213 Å². The van der Waals surface area contributed by atoms with Crippen LogP contribution in [-0.2, 0) is 19.0 Å². The Morgan fingerprint density at radius 2 is 1.08 bits per heavy atom. The molecule has 0 heterocycles. The van der Waals surface area contributed by atoms with Gasteiger partial charge in [-0.25, -0.2) is 0 Å². The molecule has 0 bridgehead atoms. The van der Waals surface area contributed by atoms with Gasteiger partial charge in [0.2, 0.25) is 0 Å². The van der Waals surface area contributed by atoms with Gasteiger partial charge in [-0.05, 0) is 60.2 Å². The minimum absolute atomic E-state index is 0.0484. The third-order valence-corrected chi connectivity index (χ3v) is 4.92. The van der Waals surface area contributed by atoms with Gasteiger partial charge < -0.3 is 14.6 Å². The second-order valence-corrected chi connectivity index (χ2v) is 7.69. The van der Waals surface area contributed by atoms with Gasteiger partial charge in [-0.3, -0.25) is 4.79 Å². The molecule has 0 spiro atoms. The average molecular weight is 534 g/mol. The van der Waals surface area contributed by atoms with Crippen LogP contribution in [0.4, 0.5) is 26.3 Å². The van der Waals surface area contributed by atoms with Gasteiger partial charge >= 0.3 is 12.4 Å². The smallest absolute Gasteiger partial charge is 0.420 e. The topological polar surface area (TPSA) is 55.8 Å². The fourth-order valence-electron chi connectivity index (χ4n) is 3.15. The van der Waals surface area contributed by atoms with Crippen LogP contribution in [0.2, 0.25) is 0 Å². The number of para-hydroxylation sites is 2. The van der Waals surface area contributed by atoms with Crippen molar-refractivity contribution in [3.8, 4) is 23.0 Å². The lowest BCUT2D eigenvalue weighted by molar-refractivity contribution is -0.139. The van der Waals surface area contributed by atoms with E-state index in [1.54, 1.807) is 60.7 Å². The maximum absolute atomic E-state index is 12.9. The van der Waals surface area contributed by atoms with Crippen molar-refractivity contribution in [1.29, 1.82) is 0 Å². The lowest BCUT2D eigenvalue weighted by atomic mass is 10.1. The van der Waals surface area contributed by atoms with Crippen molar-refractivity contribution in [3.63, 3.8) is 0 Å². The van der Waals surface area contributed by atoms with Gasteiger partial charge in [0.05, 0.1) is 17.7 Å². The third kappa shape index (κ3) is 7.84. The minimum atomic E-state index is -4.58. The monoisotopic (exact) mass is 534 g/mol. The molecule has 0 aliphatic carbocycles. The molecule has 0 atom stereocenters. The Morgan fingerprint density at radius 1 is 0.632 bits per heavy atom. The van der Waals surface area contributed by atoms with E-state index in [4.69, 9.17) is 14.6 Å². The first-order chi connectivity index (χ1) is 18.0. The maximum Gasteiger partial charge on any atom is 0.420 e. The van der Waals surface area contributed by atoms with Gasteiger partial charge in [0.15, 0.2) is 0 Å². The van der Waals surface area contributed by atoms with Crippen LogP contribution in [-0.4, -0.2) is 11.4 Å². The van der Waals surface area contributed by atoms with Crippen LogP contribution >= 0.6 is 0 Å². The number of hydrogen-bond acceptors (Lipinski definition) is 4. The number of carbonyl (C=O) groups excluding carboxylic acids is 1. The Hall–Kier alpha value is -4.31. The Kier molecular flexibility index (Phi) is 9.14. The molecule has 0 unspecified atom stereocenters. The van der Waals surface area contributed by atoms with Crippen molar-refractivity contribution in [2.45, 2.75) is 19.0 Å². The normalized spacial score (nSPS) is 11.2. The summed E-state index contributed by atoms with van der Waals surface area (Å²) in [6.07, 6.45) is -8.75. The molecule has 4 rings (SSSR count). The van der Waals surface area contributed by atoms with E-state index in [1.807, 2.05) is 0 Å². The molecule has 10 heteroatoms. The number of aliphatic hydroxyl groups excluding tert-OH is 1. The summed E-state index contributed by atoms with van der Waals surface area (Å²) in [6, 6.07) is 23.0. The SMILES string of the molecule is O=Cc1ccc(Oc2ccccc2)c(C(F)(F)F)c1.OCc1ccc(Oc2ccccc2)c(C(F)(F)F)c1. The van der Waals surface area contributed by atoms with Crippen molar-refractivity contribution in [1.82, 2.24) is 0 Å².